The molecular weight excluding hydrogens is 505 g/mol. The molecule has 3 rings (SSSR count). The van der Waals surface area contributed by atoms with Crippen molar-refractivity contribution in [2.45, 2.75) is 26.4 Å². The zero-order valence-electron chi connectivity index (χ0n) is 19.4. The summed E-state index contributed by atoms with van der Waals surface area (Å²) < 4.78 is 13.1. The van der Waals surface area contributed by atoms with Crippen molar-refractivity contribution in [1.29, 1.82) is 0 Å². The minimum absolute atomic E-state index is 0. The molecule has 1 N–H and O–H groups in total. The van der Waals surface area contributed by atoms with Gasteiger partial charge in [0.25, 0.3) is 0 Å². The van der Waals surface area contributed by atoms with Gasteiger partial charge in [-0.3, -0.25) is 9.89 Å². The molecule has 0 bridgehead atoms. The number of hydrogen-bond donors (Lipinski definition) is 1. The first-order valence-electron chi connectivity index (χ1n) is 10.6. The minimum atomic E-state index is 0. The predicted octanol–water partition coefficient (Wildman–Crippen LogP) is 3.12. The van der Waals surface area contributed by atoms with Crippen LogP contribution in [-0.4, -0.2) is 67.8 Å². The van der Waals surface area contributed by atoms with Gasteiger partial charge in [-0.2, -0.15) is 0 Å². The summed E-state index contributed by atoms with van der Waals surface area (Å²) in [4.78, 5) is 9.51. The summed E-state index contributed by atoms with van der Waals surface area (Å²) in [6, 6.07) is 8.45. The molecular formula is C23H36IN5O2. The summed E-state index contributed by atoms with van der Waals surface area (Å²) in [6.07, 6.45) is 3.10. The number of nitrogens with one attached hydrogen (secondary N) is 1. The van der Waals surface area contributed by atoms with Gasteiger partial charge in [-0.25, -0.2) is 0 Å². The lowest BCUT2D eigenvalue weighted by Gasteiger charge is -2.29. The zero-order valence-corrected chi connectivity index (χ0v) is 21.7. The number of benzene rings is 1. The Bertz CT molecular complexity index is 868. The first-order chi connectivity index (χ1) is 14.5. The fourth-order valence-electron chi connectivity index (χ4n) is 3.88. The van der Waals surface area contributed by atoms with Crippen LogP contribution in [0.15, 0.2) is 35.5 Å². The van der Waals surface area contributed by atoms with Crippen molar-refractivity contribution < 1.29 is 9.47 Å². The van der Waals surface area contributed by atoms with Crippen LogP contribution >= 0.6 is 24.0 Å². The van der Waals surface area contributed by atoms with Crippen molar-refractivity contribution in [3.05, 3.63) is 47.3 Å². The molecule has 0 radical (unpaired) electrons. The quantitative estimate of drug-likeness (QED) is 0.316. The number of methoxy groups -OCH3 is 2. The number of nitrogens with zero attached hydrogens (tertiary/aromatic N) is 4. The van der Waals surface area contributed by atoms with Crippen molar-refractivity contribution >= 4 is 29.9 Å². The van der Waals surface area contributed by atoms with Crippen LogP contribution in [0.2, 0.25) is 0 Å². The molecule has 1 aromatic carbocycles. The van der Waals surface area contributed by atoms with Crippen LogP contribution in [0, 0.1) is 0 Å². The molecule has 8 heteroatoms. The molecule has 0 unspecified atom stereocenters. The molecule has 2 heterocycles. The van der Waals surface area contributed by atoms with Crippen molar-refractivity contribution in [2.24, 2.45) is 12.0 Å². The standard InChI is InChI=1S/C23H35N5O2.HI/c1-6-24-23(27(3)17-20-8-7-11-26(20)2)25-10-13-28-12-9-18-14-21(29-4)22(30-5)15-19(18)16-28;/h7-8,11,14-15H,6,9-10,12-13,16-17H2,1-5H3,(H,24,25);1H. The summed E-state index contributed by atoms with van der Waals surface area (Å²) in [6.45, 7) is 7.44. The van der Waals surface area contributed by atoms with Crippen LogP contribution < -0.4 is 14.8 Å². The molecule has 0 spiro atoms. The highest BCUT2D eigenvalue weighted by Crippen LogP contribution is 2.33. The number of aliphatic imine (C=N–C) groups is 1. The Morgan fingerprint density at radius 2 is 1.90 bits per heavy atom. The number of aromatic nitrogens is 1. The van der Waals surface area contributed by atoms with Gasteiger partial charge >= 0.3 is 0 Å². The molecule has 1 aliphatic heterocycles. The van der Waals surface area contributed by atoms with Gasteiger partial charge in [0, 0.05) is 52.2 Å². The third-order valence-electron chi connectivity index (χ3n) is 5.62. The van der Waals surface area contributed by atoms with Crippen molar-refractivity contribution in [3.8, 4) is 11.5 Å². The van der Waals surface area contributed by atoms with E-state index in [4.69, 9.17) is 14.5 Å². The lowest BCUT2D eigenvalue weighted by molar-refractivity contribution is 0.259. The largest absolute Gasteiger partial charge is 0.493 e. The van der Waals surface area contributed by atoms with E-state index in [2.05, 4.69) is 71.2 Å². The fraction of sp³-hybridized carbons (Fsp3) is 0.522. The summed E-state index contributed by atoms with van der Waals surface area (Å²) in [5.74, 6) is 2.56. The second-order valence-corrected chi connectivity index (χ2v) is 7.70. The van der Waals surface area contributed by atoms with E-state index in [-0.39, 0.29) is 24.0 Å². The average molecular weight is 541 g/mol. The van der Waals surface area contributed by atoms with E-state index in [0.29, 0.717) is 0 Å². The molecule has 1 aliphatic rings. The van der Waals surface area contributed by atoms with Crippen LogP contribution in [-0.2, 0) is 26.6 Å². The maximum Gasteiger partial charge on any atom is 0.194 e. The Morgan fingerprint density at radius 1 is 1.19 bits per heavy atom. The van der Waals surface area contributed by atoms with E-state index in [9.17, 15) is 0 Å². The molecule has 2 aromatic rings. The average Bonchev–Trinajstić information content (AvgIpc) is 3.16. The maximum absolute atomic E-state index is 5.47. The van der Waals surface area contributed by atoms with Crippen LogP contribution in [0.4, 0.5) is 0 Å². The van der Waals surface area contributed by atoms with E-state index in [1.165, 1.54) is 16.8 Å². The van der Waals surface area contributed by atoms with Gasteiger partial charge in [0.15, 0.2) is 17.5 Å². The van der Waals surface area contributed by atoms with Gasteiger partial charge in [0.1, 0.15) is 0 Å². The van der Waals surface area contributed by atoms with Crippen LogP contribution in [0.5, 0.6) is 11.5 Å². The van der Waals surface area contributed by atoms with Crippen molar-refractivity contribution in [3.63, 3.8) is 0 Å². The second kappa shape index (κ2) is 12.2. The predicted molar refractivity (Wildman–Crippen MR) is 137 cm³/mol. The highest BCUT2D eigenvalue weighted by Gasteiger charge is 2.19. The van der Waals surface area contributed by atoms with Crippen LogP contribution in [0.1, 0.15) is 23.7 Å². The molecule has 1 aromatic heterocycles. The van der Waals surface area contributed by atoms with Crippen LogP contribution in [0.3, 0.4) is 0 Å². The Hall–Kier alpha value is -1.94. The summed E-state index contributed by atoms with van der Waals surface area (Å²) >= 11 is 0. The van der Waals surface area contributed by atoms with Crippen LogP contribution in [0.25, 0.3) is 0 Å². The summed E-state index contributed by atoms with van der Waals surface area (Å²) in [5.41, 5.74) is 3.93. The monoisotopic (exact) mass is 541 g/mol. The van der Waals surface area contributed by atoms with Gasteiger partial charge in [-0.15, -0.1) is 24.0 Å². The molecule has 0 atom stereocenters. The molecule has 172 valence electrons. The molecule has 0 saturated heterocycles. The smallest absolute Gasteiger partial charge is 0.194 e. The van der Waals surface area contributed by atoms with Gasteiger partial charge < -0.3 is 24.3 Å². The molecule has 0 fully saturated rings. The number of ether oxygens (including phenoxy) is 2. The van der Waals surface area contributed by atoms with Crippen molar-refractivity contribution in [1.82, 2.24) is 19.7 Å². The number of fused-ring (bicyclic) bond motifs is 1. The second-order valence-electron chi connectivity index (χ2n) is 7.70. The fourth-order valence-corrected chi connectivity index (χ4v) is 3.88. The number of hydrogen-bond acceptors (Lipinski definition) is 4. The lowest BCUT2D eigenvalue weighted by Crippen LogP contribution is -2.39. The number of halogens is 1. The Morgan fingerprint density at radius 3 is 2.52 bits per heavy atom. The number of rotatable bonds is 8. The number of guanidine groups is 1. The highest BCUT2D eigenvalue weighted by molar-refractivity contribution is 14.0. The Labute approximate surface area is 203 Å². The minimum Gasteiger partial charge on any atom is -0.493 e. The van der Waals surface area contributed by atoms with E-state index < -0.39 is 0 Å². The third-order valence-corrected chi connectivity index (χ3v) is 5.62. The first kappa shape index (κ1) is 25.3. The summed E-state index contributed by atoms with van der Waals surface area (Å²) in [5, 5.41) is 3.41. The maximum atomic E-state index is 5.47. The van der Waals surface area contributed by atoms with Gasteiger partial charge in [-0.1, -0.05) is 0 Å². The SMILES string of the molecule is CCNC(=NCCN1CCc2cc(OC)c(OC)cc2C1)N(C)Cc1cccn1C.I. The number of aryl methyl sites for hydroxylation is 1. The van der Waals surface area contributed by atoms with E-state index >= 15 is 0 Å². The third kappa shape index (κ3) is 6.52. The van der Waals surface area contributed by atoms with E-state index in [1.807, 2.05) is 0 Å². The van der Waals surface area contributed by atoms with Gasteiger partial charge in [0.05, 0.1) is 27.3 Å². The van der Waals surface area contributed by atoms with Gasteiger partial charge in [0.2, 0.25) is 0 Å². The lowest BCUT2D eigenvalue weighted by atomic mass is 9.99. The van der Waals surface area contributed by atoms with Crippen molar-refractivity contribution in [2.75, 3.05) is 47.4 Å². The molecule has 0 amide bonds. The van der Waals surface area contributed by atoms with E-state index in [0.717, 1.165) is 63.1 Å². The molecule has 7 nitrogen and oxygen atoms in total. The van der Waals surface area contributed by atoms with E-state index in [1.54, 1.807) is 14.2 Å². The van der Waals surface area contributed by atoms with Gasteiger partial charge in [-0.05, 0) is 48.7 Å². The topological polar surface area (TPSA) is 54.3 Å². The molecule has 0 saturated carbocycles. The normalized spacial score (nSPS) is 13.9. The summed E-state index contributed by atoms with van der Waals surface area (Å²) in [7, 11) is 7.54. The Kier molecular flexibility index (Phi) is 9.95. The Balaban J connectivity index is 0.00000341. The molecule has 0 aliphatic carbocycles. The highest BCUT2D eigenvalue weighted by atomic mass is 127. The zero-order chi connectivity index (χ0) is 21.5. The molecule has 31 heavy (non-hydrogen) atoms. The first-order valence-corrected chi connectivity index (χ1v) is 10.6.